The second-order valence-electron chi connectivity index (χ2n) is 3.63. The number of aromatic amines is 1. The van der Waals surface area contributed by atoms with Crippen LogP contribution in [0.1, 0.15) is 10.4 Å². The number of hydrogen-bond acceptors (Lipinski definition) is 1. The highest BCUT2D eigenvalue weighted by Gasteiger charge is 2.11. The van der Waals surface area contributed by atoms with E-state index in [1.54, 1.807) is 6.08 Å². The van der Waals surface area contributed by atoms with Gasteiger partial charge in [-0.25, -0.2) is 0 Å². The predicted molar refractivity (Wildman–Crippen MR) is 68.8 cm³/mol. The van der Waals surface area contributed by atoms with Crippen LogP contribution in [-0.4, -0.2) is 17.4 Å². The van der Waals surface area contributed by atoms with Gasteiger partial charge in [0, 0.05) is 29.6 Å². The van der Waals surface area contributed by atoms with Crippen molar-refractivity contribution in [1.29, 1.82) is 0 Å². The molecule has 3 heteroatoms. The molecule has 3 nitrogen and oxygen atoms in total. The molecule has 2 rings (SSSR count). The Morgan fingerprint density at radius 1 is 1.29 bits per heavy atom. The Kier molecular flexibility index (Phi) is 3.40. The summed E-state index contributed by atoms with van der Waals surface area (Å²) in [7, 11) is 0. The maximum Gasteiger partial charge on any atom is 0.252 e. The van der Waals surface area contributed by atoms with E-state index in [1.165, 1.54) is 0 Å². The summed E-state index contributed by atoms with van der Waals surface area (Å²) < 4.78 is 0. The SMILES string of the molecule is C=CCNC(=O)c1ccccc1-c1ccc[nH]1. The molecule has 0 radical (unpaired) electrons. The number of benzene rings is 1. The number of carbonyl (C=O) groups is 1. The molecule has 0 fully saturated rings. The van der Waals surface area contributed by atoms with Gasteiger partial charge in [-0.2, -0.15) is 0 Å². The van der Waals surface area contributed by atoms with E-state index < -0.39 is 0 Å². The van der Waals surface area contributed by atoms with Crippen molar-refractivity contribution in [2.24, 2.45) is 0 Å². The van der Waals surface area contributed by atoms with Crippen LogP contribution >= 0.6 is 0 Å². The number of aromatic nitrogens is 1. The summed E-state index contributed by atoms with van der Waals surface area (Å²) in [4.78, 5) is 15.1. The van der Waals surface area contributed by atoms with Crippen molar-refractivity contribution in [2.45, 2.75) is 0 Å². The zero-order valence-corrected chi connectivity index (χ0v) is 9.44. The molecule has 0 saturated carbocycles. The van der Waals surface area contributed by atoms with E-state index in [0.29, 0.717) is 12.1 Å². The van der Waals surface area contributed by atoms with Gasteiger partial charge in [0.2, 0.25) is 0 Å². The van der Waals surface area contributed by atoms with E-state index in [4.69, 9.17) is 0 Å². The van der Waals surface area contributed by atoms with E-state index in [2.05, 4.69) is 16.9 Å². The van der Waals surface area contributed by atoms with E-state index in [-0.39, 0.29) is 5.91 Å². The number of carbonyl (C=O) groups excluding carboxylic acids is 1. The number of amides is 1. The normalized spacial score (nSPS) is 9.88. The quantitative estimate of drug-likeness (QED) is 0.773. The first kappa shape index (κ1) is 11.2. The Balaban J connectivity index is 2.34. The molecule has 1 amide bonds. The topological polar surface area (TPSA) is 44.9 Å². The fraction of sp³-hybridized carbons (Fsp3) is 0.0714. The van der Waals surface area contributed by atoms with Gasteiger partial charge in [-0.1, -0.05) is 24.3 Å². The summed E-state index contributed by atoms with van der Waals surface area (Å²) >= 11 is 0. The zero-order chi connectivity index (χ0) is 12.1. The average Bonchev–Trinajstić information content (AvgIpc) is 2.89. The van der Waals surface area contributed by atoms with Gasteiger partial charge in [0.1, 0.15) is 0 Å². The monoisotopic (exact) mass is 226 g/mol. The first-order chi connectivity index (χ1) is 8.33. The van der Waals surface area contributed by atoms with Crippen molar-refractivity contribution in [2.75, 3.05) is 6.54 Å². The van der Waals surface area contributed by atoms with Gasteiger partial charge in [-0.05, 0) is 18.2 Å². The fourth-order valence-corrected chi connectivity index (χ4v) is 1.67. The first-order valence-corrected chi connectivity index (χ1v) is 5.45. The Morgan fingerprint density at radius 2 is 2.12 bits per heavy atom. The molecule has 0 atom stereocenters. The van der Waals surface area contributed by atoms with E-state index >= 15 is 0 Å². The van der Waals surface area contributed by atoms with Crippen LogP contribution in [-0.2, 0) is 0 Å². The Hall–Kier alpha value is -2.29. The third-order valence-corrected chi connectivity index (χ3v) is 2.47. The van der Waals surface area contributed by atoms with Gasteiger partial charge >= 0.3 is 0 Å². The minimum atomic E-state index is -0.0879. The predicted octanol–water partition coefficient (Wildman–Crippen LogP) is 2.60. The smallest absolute Gasteiger partial charge is 0.252 e. The lowest BCUT2D eigenvalue weighted by atomic mass is 10.0. The molecule has 0 aliphatic carbocycles. The van der Waals surface area contributed by atoms with Gasteiger partial charge in [-0.3, -0.25) is 4.79 Å². The molecular weight excluding hydrogens is 212 g/mol. The number of hydrogen-bond donors (Lipinski definition) is 2. The molecule has 0 aliphatic heterocycles. The van der Waals surface area contributed by atoms with Crippen LogP contribution in [0.5, 0.6) is 0 Å². The number of H-pyrrole nitrogens is 1. The molecular formula is C14H14N2O. The largest absolute Gasteiger partial charge is 0.361 e. The molecule has 2 N–H and O–H groups in total. The van der Waals surface area contributed by atoms with Crippen LogP contribution in [0.4, 0.5) is 0 Å². The molecule has 2 aromatic rings. The Labute approximate surface area is 100 Å². The van der Waals surface area contributed by atoms with Gasteiger partial charge in [0.15, 0.2) is 0 Å². The molecule has 0 spiro atoms. The van der Waals surface area contributed by atoms with Gasteiger partial charge in [-0.15, -0.1) is 6.58 Å². The van der Waals surface area contributed by atoms with Crippen LogP contribution < -0.4 is 5.32 Å². The van der Waals surface area contributed by atoms with Crippen LogP contribution in [0, 0.1) is 0 Å². The maximum atomic E-state index is 11.9. The molecule has 86 valence electrons. The molecule has 1 aromatic carbocycles. The van der Waals surface area contributed by atoms with E-state index in [0.717, 1.165) is 11.3 Å². The summed E-state index contributed by atoms with van der Waals surface area (Å²) in [5.74, 6) is -0.0879. The van der Waals surface area contributed by atoms with Gasteiger partial charge in [0.05, 0.1) is 0 Å². The van der Waals surface area contributed by atoms with Crippen LogP contribution in [0.25, 0.3) is 11.3 Å². The highest BCUT2D eigenvalue weighted by Crippen LogP contribution is 2.21. The lowest BCUT2D eigenvalue weighted by Crippen LogP contribution is -2.23. The highest BCUT2D eigenvalue weighted by atomic mass is 16.1. The van der Waals surface area contributed by atoms with Crippen LogP contribution in [0.3, 0.4) is 0 Å². The average molecular weight is 226 g/mol. The van der Waals surface area contributed by atoms with E-state index in [1.807, 2.05) is 42.6 Å². The number of nitrogens with one attached hydrogen (secondary N) is 2. The highest BCUT2D eigenvalue weighted by molar-refractivity contribution is 6.00. The molecule has 1 aromatic heterocycles. The number of rotatable bonds is 4. The summed E-state index contributed by atoms with van der Waals surface area (Å²) in [6, 6.07) is 11.4. The fourth-order valence-electron chi connectivity index (χ4n) is 1.67. The second kappa shape index (κ2) is 5.16. The van der Waals surface area contributed by atoms with Crippen molar-refractivity contribution < 1.29 is 4.79 Å². The molecule has 0 aliphatic rings. The van der Waals surface area contributed by atoms with Crippen molar-refractivity contribution in [3.63, 3.8) is 0 Å². The maximum absolute atomic E-state index is 11.9. The van der Waals surface area contributed by atoms with Gasteiger partial charge < -0.3 is 10.3 Å². The summed E-state index contributed by atoms with van der Waals surface area (Å²) in [6.45, 7) is 4.05. The van der Waals surface area contributed by atoms with Gasteiger partial charge in [0.25, 0.3) is 5.91 Å². The third kappa shape index (κ3) is 2.45. The molecule has 0 unspecified atom stereocenters. The van der Waals surface area contributed by atoms with Crippen LogP contribution in [0.2, 0.25) is 0 Å². The third-order valence-electron chi connectivity index (χ3n) is 2.47. The van der Waals surface area contributed by atoms with Crippen molar-refractivity contribution >= 4 is 5.91 Å². The first-order valence-electron chi connectivity index (χ1n) is 5.45. The molecule has 0 bridgehead atoms. The second-order valence-corrected chi connectivity index (χ2v) is 3.63. The van der Waals surface area contributed by atoms with Crippen LogP contribution in [0.15, 0.2) is 55.3 Å². The van der Waals surface area contributed by atoms with Crippen molar-refractivity contribution in [3.8, 4) is 11.3 Å². The lowest BCUT2D eigenvalue weighted by molar-refractivity contribution is 0.0958. The molecule has 17 heavy (non-hydrogen) atoms. The Bertz CT molecular complexity index is 515. The van der Waals surface area contributed by atoms with Crippen molar-refractivity contribution in [3.05, 3.63) is 60.8 Å². The zero-order valence-electron chi connectivity index (χ0n) is 9.44. The lowest BCUT2D eigenvalue weighted by Gasteiger charge is -2.07. The Morgan fingerprint density at radius 3 is 2.82 bits per heavy atom. The minimum absolute atomic E-state index is 0.0879. The minimum Gasteiger partial charge on any atom is -0.361 e. The summed E-state index contributed by atoms with van der Waals surface area (Å²) in [6.07, 6.45) is 3.50. The standard InChI is InChI=1S/C14H14N2O/c1-2-9-16-14(17)12-7-4-3-6-11(12)13-8-5-10-15-13/h2-8,10,15H,1,9H2,(H,16,17). The van der Waals surface area contributed by atoms with Crippen molar-refractivity contribution in [1.82, 2.24) is 10.3 Å². The van der Waals surface area contributed by atoms with E-state index in [9.17, 15) is 4.79 Å². The summed E-state index contributed by atoms with van der Waals surface area (Å²) in [5.41, 5.74) is 2.50. The molecule has 1 heterocycles. The molecule has 0 saturated heterocycles. The summed E-state index contributed by atoms with van der Waals surface area (Å²) in [5, 5.41) is 2.78.